The predicted octanol–water partition coefficient (Wildman–Crippen LogP) is 5.30. The average Bonchev–Trinajstić information content (AvgIpc) is 3.00. The van der Waals surface area contributed by atoms with Crippen LogP contribution < -0.4 is 15.2 Å². The van der Waals surface area contributed by atoms with Gasteiger partial charge in [0.25, 0.3) is 0 Å². The third-order valence-electron chi connectivity index (χ3n) is 4.64. The smallest absolute Gasteiger partial charge is 0.162 e. The highest BCUT2D eigenvalue weighted by molar-refractivity contribution is 9.10. The van der Waals surface area contributed by atoms with E-state index < -0.39 is 0 Å². The summed E-state index contributed by atoms with van der Waals surface area (Å²) in [7, 11) is 0. The molecule has 4 rings (SSSR count). The summed E-state index contributed by atoms with van der Waals surface area (Å²) in [5.41, 5.74) is 10.2. The first-order valence-corrected chi connectivity index (χ1v) is 9.94. The van der Waals surface area contributed by atoms with Crippen LogP contribution in [-0.4, -0.2) is 24.7 Å². The van der Waals surface area contributed by atoms with Crippen LogP contribution in [0, 0.1) is 0 Å². The predicted molar refractivity (Wildman–Crippen MR) is 109 cm³/mol. The number of aromatic nitrogens is 1. The summed E-state index contributed by atoms with van der Waals surface area (Å²) < 4.78 is 12.4. The van der Waals surface area contributed by atoms with Crippen LogP contribution in [0.2, 0.25) is 5.02 Å². The van der Waals surface area contributed by atoms with Crippen molar-refractivity contribution in [1.82, 2.24) is 4.98 Å². The molecule has 2 heterocycles. The van der Waals surface area contributed by atoms with E-state index in [1.807, 2.05) is 24.3 Å². The number of unbranched alkanes of at least 4 members (excludes halogenated alkanes) is 1. The Kier molecular flexibility index (Phi) is 5.11. The number of aromatic amines is 1. The summed E-state index contributed by atoms with van der Waals surface area (Å²) in [5.74, 6) is 1.59. The molecular weight excluding hydrogens is 416 g/mol. The normalized spacial score (nSPS) is 13.3. The van der Waals surface area contributed by atoms with Gasteiger partial charge in [0.1, 0.15) is 13.2 Å². The van der Waals surface area contributed by atoms with E-state index in [1.165, 1.54) is 5.56 Å². The summed E-state index contributed by atoms with van der Waals surface area (Å²) in [6, 6.07) is 10.0. The van der Waals surface area contributed by atoms with E-state index in [1.54, 1.807) is 0 Å². The molecule has 3 N–H and O–H groups in total. The van der Waals surface area contributed by atoms with Crippen molar-refractivity contribution in [3.8, 4) is 22.8 Å². The largest absolute Gasteiger partial charge is 0.486 e. The van der Waals surface area contributed by atoms with Gasteiger partial charge in [-0.05, 0) is 77.6 Å². The number of hydrogen-bond donors (Lipinski definition) is 2. The lowest BCUT2D eigenvalue weighted by molar-refractivity contribution is 0.171. The van der Waals surface area contributed by atoms with Gasteiger partial charge in [-0.2, -0.15) is 0 Å². The first-order valence-electron chi connectivity index (χ1n) is 8.77. The summed E-state index contributed by atoms with van der Waals surface area (Å²) >= 11 is 9.94. The summed E-state index contributed by atoms with van der Waals surface area (Å²) in [6.45, 7) is 1.87. The molecule has 0 atom stereocenters. The zero-order valence-electron chi connectivity index (χ0n) is 14.3. The number of nitrogens with two attached hydrogens (primary N) is 1. The van der Waals surface area contributed by atoms with Crippen molar-refractivity contribution in [2.45, 2.75) is 19.3 Å². The number of ether oxygens (including phenoxy) is 2. The lowest BCUT2D eigenvalue weighted by atomic mass is 10.00. The number of fused-ring (bicyclic) bond motifs is 2. The van der Waals surface area contributed by atoms with Crippen molar-refractivity contribution >= 4 is 38.4 Å². The number of rotatable bonds is 5. The summed E-state index contributed by atoms with van der Waals surface area (Å²) in [4.78, 5) is 3.58. The van der Waals surface area contributed by atoms with Crippen molar-refractivity contribution in [2.24, 2.45) is 5.73 Å². The molecule has 0 saturated heterocycles. The molecule has 2 aromatic carbocycles. The minimum absolute atomic E-state index is 0.577. The number of hydrogen-bond acceptors (Lipinski definition) is 3. The van der Waals surface area contributed by atoms with Gasteiger partial charge >= 0.3 is 0 Å². The van der Waals surface area contributed by atoms with E-state index in [4.69, 9.17) is 26.8 Å². The Labute approximate surface area is 165 Å². The highest BCUT2D eigenvalue weighted by atomic mass is 79.9. The van der Waals surface area contributed by atoms with E-state index in [-0.39, 0.29) is 0 Å². The lowest BCUT2D eigenvalue weighted by Gasteiger charge is -2.19. The molecule has 4 nitrogen and oxygen atoms in total. The van der Waals surface area contributed by atoms with E-state index in [0.29, 0.717) is 19.8 Å². The number of nitrogens with one attached hydrogen (secondary N) is 1. The standard InChI is InChI=1S/C20H20BrClN2O2/c21-16-11-13(22)10-15-14(3-1-2-6-23)19(24-20(15)16)12-4-5-17-18(9-12)26-8-7-25-17/h4-5,9-11,24H,1-3,6-8,23H2. The van der Waals surface area contributed by atoms with Gasteiger partial charge in [0.2, 0.25) is 0 Å². The zero-order chi connectivity index (χ0) is 18.1. The summed E-state index contributed by atoms with van der Waals surface area (Å²) in [6.07, 6.45) is 2.97. The number of aryl methyl sites for hydroxylation is 1. The molecule has 0 bridgehead atoms. The molecule has 0 radical (unpaired) electrons. The molecule has 0 aliphatic carbocycles. The second kappa shape index (κ2) is 7.51. The second-order valence-electron chi connectivity index (χ2n) is 6.39. The fourth-order valence-electron chi connectivity index (χ4n) is 3.42. The lowest BCUT2D eigenvalue weighted by Crippen LogP contribution is -2.15. The molecule has 1 aliphatic heterocycles. The fraction of sp³-hybridized carbons (Fsp3) is 0.300. The minimum atomic E-state index is 0.577. The van der Waals surface area contributed by atoms with Crippen molar-refractivity contribution in [1.29, 1.82) is 0 Å². The van der Waals surface area contributed by atoms with Gasteiger partial charge in [-0.1, -0.05) is 11.6 Å². The third-order valence-corrected chi connectivity index (χ3v) is 5.49. The van der Waals surface area contributed by atoms with E-state index >= 15 is 0 Å². The van der Waals surface area contributed by atoms with Crippen LogP contribution in [-0.2, 0) is 6.42 Å². The van der Waals surface area contributed by atoms with Crippen LogP contribution in [0.1, 0.15) is 18.4 Å². The third kappa shape index (κ3) is 3.31. The van der Waals surface area contributed by atoms with Gasteiger partial charge in [0.15, 0.2) is 11.5 Å². The van der Waals surface area contributed by atoms with E-state index in [9.17, 15) is 0 Å². The van der Waals surface area contributed by atoms with Crippen molar-refractivity contribution in [3.63, 3.8) is 0 Å². The molecule has 136 valence electrons. The first-order chi connectivity index (χ1) is 12.7. The van der Waals surface area contributed by atoms with Gasteiger partial charge in [-0.3, -0.25) is 0 Å². The van der Waals surface area contributed by atoms with Crippen molar-refractivity contribution in [3.05, 3.63) is 45.4 Å². The molecule has 0 unspecified atom stereocenters. The molecular formula is C20H20BrClN2O2. The molecule has 0 saturated carbocycles. The van der Waals surface area contributed by atoms with Crippen molar-refractivity contribution in [2.75, 3.05) is 19.8 Å². The Balaban J connectivity index is 1.85. The molecule has 6 heteroatoms. The van der Waals surface area contributed by atoms with Crippen LogP contribution in [0.5, 0.6) is 11.5 Å². The van der Waals surface area contributed by atoms with E-state index in [0.717, 1.165) is 62.4 Å². The number of benzene rings is 2. The SMILES string of the molecule is NCCCCc1c(-c2ccc3c(c2)OCCO3)[nH]c2c(Br)cc(Cl)cc12. The Morgan fingerprint density at radius 2 is 1.88 bits per heavy atom. The van der Waals surface area contributed by atoms with Gasteiger partial charge in [0, 0.05) is 26.1 Å². The minimum Gasteiger partial charge on any atom is -0.486 e. The van der Waals surface area contributed by atoms with Gasteiger partial charge in [0.05, 0.1) is 5.52 Å². The Morgan fingerprint density at radius 3 is 2.69 bits per heavy atom. The highest BCUT2D eigenvalue weighted by Crippen LogP contribution is 2.40. The molecule has 26 heavy (non-hydrogen) atoms. The van der Waals surface area contributed by atoms with Crippen LogP contribution >= 0.6 is 27.5 Å². The molecule has 0 amide bonds. The van der Waals surface area contributed by atoms with Crippen molar-refractivity contribution < 1.29 is 9.47 Å². The number of H-pyrrole nitrogens is 1. The maximum atomic E-state index is 6.31. The monoisotopic (exact) mass is 434 g/mol. The van der Waals surface area contributed by atoms with Crippen LogP contribution in [0.4, 0.5) is 0 Å². The molecule has 3 aromatic rings. The van der Waals surface area contributed by atoms with E-state index in [2.05, 4.69) is 27.0 Å². The molecule has 1 aliphatic rings. The molecule has 0 spiro atoms. The maximum absolute atomic E-state index is 6.31. The van der Waals surface area contributed by atoms with Gasteiger partial charge in [-0.15, -0.1) is 0 Å². The van der Waals surface area contributed by atoms with Crippen LogP contribution in [0.15, 0.2) is 34.8 Å². The molecule has 0 fully saturated rings. The number of halogens is 2. The van der Waals surface area contributed by atoms with Gasteiger partial charge in [-0.25, -0.2) is 0 Å². The maximum Gasteiger partial charge on any atom is 0.162 e. The molecule has 1 aromatic heterocycles. The van der Waals surface area contributed by atoms with Gasteiger partial charge < -0.3 is 20.2 Å². The first kappa shape index (κ1) is 17.7. The fourth-order valence-corrected chi connectivity index (χ4v) is 4.33. The zero-order valence-corrected chi connectivity index (χ0v) is 16.6. The highest BCUT2D eigenvalue weighted by Gasteiger charge is 2.18. The average molecular weight is 436 g/mol. The second-order valence-corrected chi connectivity index (χ2v) is 7.68. The Hall–Kier alpha value is -1.69. The Bertz CT molecular complexity index is 955. The van der Waals surface area contributed by atoms with Crippen LogP contribution in [0.25, 0.3) is 22.2 Å². The Morgan fingerprint density at radius 1 is 1.08 bits per heavy atom. The van der Waals surface area contributed by atoms with Crippen LogP contribution in [0.3, 0.4) is 0 Å². The summed E-state index contributed by atoms with van der Waals surface area (Å²) in [5, 5.41) is 1.86. The topological polar surface area (TPSA) is 60.3 Å². The quantitative estimate of drug-likeness (QED) is 0.534.